The van der Waals surface area contributed by atoms with Crippen LogP contribution < -0.4 is 10.6 Å². The second-order valence-electron chi connectivity index (χ2n) is 6.18. The van der Waals surface area contributed by atoms with E-state index in [4.69, 9.17) is 4.74 Å². The zero-order chi connectivity index (χ0) is 14.0. The average Bonchev–Trinajstić information content (AvgIpc) is 2.27. The summed E-state index contributed by atoms with van der Waals surface area (Å²) in [6.45, 7) is 13.7. The molecule has 18 heavy (non-hydrogen) atoms. The smallest absolute Gasteiger partial charge is 0.239 e. The Hall–Kier alpha value is -0.610. The van der Waals surface area contributed by atoms with Crippen molar-refractivity contribution in [3.8, 4) is 0 Å². The molecule has 0 spiro atoms. The molecule has 4 heteroatoms. The molecule has 0 aromatic heterocycles. The quantitative estimate of drug-likeness (QED) is 0.760. The number of amides is 1. The van der Waals surface area contributed by atoms with E-state index in [1.807, 2.05) is 27.7 Å². The number of carbonyl (C=O) groups excluding carboxylic acids is 1. The maximum absolute atomic E-state index is 12.2. The fourth-order valence-corrected chi connectivity index (χ4v) is 2.48. The van der Waals surface area contributed by atoms with Gasteiger partial charge in [-0.15, -0.1) is 0 Å². The number of hydrogen-bond donors (Lipinski definition) is 2. The Morgan fingerprint density at radius 1 is 1.39 bits per heavy atom. The fourth-order valence-electron chi connectivity index (χ4n) is 2.48. The van der Waals surface area contributed by atoms with Crippen molar-refractivity contribution in [2.45, 2.75) is 65.6 Å². The first-order valence-corrected chi connectivity index (χ1v) is 6.93. The molecule has 0 aromatic carbocycles. The van der Waals surface area contributed by atoms with Gasteiger partial charge in [0.2, 0.25) is 5.91 Å². The number of rotatable bonds is 6. The first-order chi connectivity index (χ1) is 8.25. The van der Waals surface area contributed by atoms with Crippen molar-refractivity contribution in [1.82, 2.24) is 10.6 Å². The summed E-state index contributed by atoms with van der Waals surface area (Å²) in [6.07, 6.45) is 1.17. The summed E-state index contributed by atoms with van der Waals surface area (Å²) in [7, 11) is 0. The Kier molecular flexibility index (Phi) is 4.78. The van der Waals surface area contributed by atoms with Gasteiger partial charge in [-0.05, 0) is 33.7 Å². The molecule has 1 aliphatic carbocycles. The summed E-state index contributed by atoms with van der Waals surface area (Å²) in [6, 6.07) is 0.208. The molecule has 1 fully saturated rings. The Labute approximate surface area is 111 Å². The normalized spacial score (nSPS) is 26.6. The summed E-state index contributed by atoms with van der Waals surface area (Å²) in [5.41, 5.74) is -0.491. The number of likely N-dealkylation sites (N-methyl/N-ethyl adjacent to an activating group) is 1. The van der Waals surface area contributed by atoms with Crippen molar-refractivity contribution in [2.75, 3.05) is 13.2 Å². The highest BCUT2D eigenvalue weighted by atomic mass is 16.5. The van der Waals surface area contributed by atoms with Gasteiger partial charge in [0.05, 0.1) is 11.6 Å². The molecule has 0 radical (unpaired) electrons. The summed E-state index contributed by atoms with van der Waals surface area (Å²) in [5.74, 6) is 0.0670. The van der Waals surface area contributed by atoms with Crippen LogP contribution in [0.3, 0.4) is 0 Å². The molecule has 1 rings (SSSR count). The molecule has 106 valence electrons. The molecule has 2 N–H and O–H groups in total. The average molecular weight is 256 g/mol. The van der Waals surface area contributed by atoms with Crippen LogP contribution in [0.15, 0.2) is 0 Å². The zero-order valence-corrected chi connectivity index (χ0v) is 12.6. The monoisotopic (exact) mass is 256 g/mol. The lowest BCUT2D eigenvalue weighted by atomic mass is 9.64. The van der Waals surface area contributed by atoms with Crippen LogP contribution in [0.1, 0.15) is 48.0 Å². The van der Waals surface area contributed by atoms with Crippen molar-refractivity contribution >= 4 is 5.91 Å². The molecule has 1 saturated carbocycles. The summed E-state index contributed by atoms with van der Waals surface area (Å²) in [5, 5.41) is 6.33. The lowest BCUT2D eigenvalue weighted by molar-refractivity contribution is -0.140. The Balaban J connectivity index is 2.53. The van der Waals surface area contributed by atoms with Gasteiger partial charge in [0.25, 0.3) is 0 Å². The Morgan fingerprint density at radius 2 is 2.00 bits per heavy atom. The minimum absolute atomic E-state index is 0.0218. The van der Waals surface area contributed by atoms with Crippen molar-refractivity contribution < 1.29 is 9.53 Å². The van der Waals surface area contributed by atoms with Gasteiger partial charge in [0.1, 0.15) is 0 Å². The molecule has 0 saturated heterocycles. The maximum atomic E-state index is 12.2. The van der Waals surface area contributed by atoms with Gasteiger partial charge < -0.3 is 15.4 Å². The molecule has 0 aromatic rings. The highest BCUT2D eigenvalue weighted by Crippen LogP contribution is 2.42. The topological polar surface area (TPSA) is 50.4 Å². The predicted molar refractivity (Wildman–Crippen MR) is 73.5 cm³/mol. The molecule has 0 heterocycles. The van der Waals surface area contributed by atoms with E-state index in [2.05, 4.69) is 24.5 Å². The van der Waals surface area contributed by atoms with Crippen molar-refractivity contribution in [1.29, 1.82) is 0 Å². The van der Waals surface area contributed by atoms with Crippen LogP contribution in [0.4, 0.5) is 0 Å². The minimum Gasteiger partial charge on any atom is -0.378 e. The summed E-state index contributed by atoms with van der Waals surface area (Å²) in [4.78, 5) is 12.2. The second-order valence-corrected chi connectivity index (χ2v) is 6.18. The van der Waals surface area contributed by atoms with Crippen molar-refractivity contribution in [3.63, 3.8) is 0 Å². The molecule has 1 aliphatic rings. The number of carbonyl (C=O) groups is 1. The van der Waals surface area contributed by atoms with E-state index >= 15 is 0 Å². The molecular weight excluding hydrogens is 228 g/mol. The maximum Gasteiger partial charge on any atom is 0.239 e. The number of hydrogen-bond acceptors (Lipinski definition) is 3. The van der Waals surface area contributed by atoms with E-state index in [9.17, 15) is 4.79 Å². The third-order valence-electron chi connectivity index (χ3n) is 4.04. The molecule has 0 aliphatic heterocycles. The van der Waals surface area contributed by atoms with Crippen LogP contribution in [0.2, 0.25) is 0 Å². The van der Waals surface area contributed by atoms with Crippen molar-refractivity contribution in [2.24, 2.45) is 5.41 Å². The molecular formula is C14H28N2O2. The summed E-state index contributed by atoms with van der Waals surface area (Å²) < 4.78 is 5.67. The van der Waals surface area contributed by atoms with Crippen LogP contribution in [0.5, 0.6) is 0 Å². The first kappa shape index (κ1) is 15.4. The number of ether oxygens (including phenoxy) is 1. The van der Waals surface area contributed by atoms with E-state index in [-0.39, 0.29) is 23.5 Å². The van der Waals surface area contributed by atoms with Crippen LogP contribution in [0.25, 0.3) is 0 Å². The molecule has 2 unspecified atom stereocenters. The minimum atomic E-state index is -0.512. The van der Waals surface area contributed by atoms with Gasteiger partial charge in [0, 0.05) is 18.1 Å². The molecule has 0 bridgehead atoms. The van der Waals surface area contributed by atoms with E-state index in [1.165, 1.54) is 0 Å². The molecule has 2 atom stereocenters. The third kappa shape index (κ3) is 3.04. The molecule has 4 nitrogen and oxygen atoms in total. The van der Waals surface area contributed by atoms with Gasteiger partial charge in [-0.1, -0.05) is 20.8 Å². The van der Waals surface area contributed by atoms with Crippen molar-refractivity contribution in [3.05, 3.63) is 0 Å². The molecule has 1 amide bonds. The standard InChI is InChI=1S/C14H28N2O2/c1-7-15-14(5,6)12(17)16-10-9-11(18-8-2)13(10,3)4/h10-11,15H,7-9H2,1-6H3,(H,16,17). The highest BCUT2D eigenvalue weighted by molar-refractivity contribution is 5.85. The van der Waals surface area contributed by atoms with E-state index in [0.29, 0.717) is 0 Å². The van der Waals surface area contributed by atoms with Gasteiger partial charge in [0.15, 0.2) is 0 Å². The van der Waals surface area contributed by atoms with Crippen LogP contribution >= 0.6 is 0 Å². The predicted octanol–water partition coefficient (Wildman–Crippen LogP) is 1.69. The first-order valence-electron chi connectivity index (χ1n) is 6.93. The lowest BCUT2D eigenvalue weighted by Crippen LogP contribution is -2.65. The van der Waals surface area contributed by atoms with E-state index in [0.717, 1.165) is 19.6 Å². The van der Waals surface area contributed by atoms with Gasteiger partial charge in [-0.2, -0.15) is 0 Å². The SMILES string of the molecule is CCNC(C)(C)C(=O)NC1CC(OCC)C1(C)C. The fraction of sp³-hybridized carbons (Fsp3) is 0.929. The van der Waals surface area contributed by atoms with E-state index < -0.39 is 5.54 Å². The second kappa shape index (κ2) is 5.57. The van der Waals surface area contributed by atoms with E-state index in [1.54, 1.807) is 0 Å². The summed E-state index contributed by atoms with van der Waals surface area (Å²) >= 11 is 0. The van der Waals surface area contributed by atoms with Gasteiger partial charge in [-0.3, -0.25) is 4.79 Å². The third-order valence-corrected chi connectivity index (χ3v) is 4.04. The van der Waals surface area contributed by atoms with Gasteiger partial charge in [-0.25, -0.2) is 0 Å². The van der Waals surface area contributed by atoms with Crippen LogP contribution in [-0.2, 0) is 9.53 Å². The Bertz CT molecular complexity index is 300. The Morgan fingerprint density at radius 3 is 2.44 bits per heavy atom. The lowest BCUT2D eigenvalue weighted by Gasteiger charge is -2.52. The van der Waals surface area contributed by atoms with Crippen LogP contribution in [0, 0.1) is 5.41 Å². The zero-order valence-electron chi connectivity index (χ0n) is 12.6. The van der Waals surface area contributed by atoms with Crippen LogP contribution in [-0.4, -0.2) is 36.7 Å². The number of nitrogens with one attached hydrogen (secondary N) is 2. The largest absolute Gasteiger partial charge is 0.378 e. The van der Waals surface area contributed by atoms with Gasteiger partial charge >= 0.3 is 0 Å². The highest BCUT2D eigenvalue weighted by Gasteiger charge is 2.50.